The molecule has 21 heavy (non-hydrogen) atoms. The van der Waals surface area contributed by atoms with E-state index >= 15 is 0 Å². The van der Waals surface area contributed by atoms with E-state index in [9.17, 15) is 18.9 Å². The minimum Gasteiger partial charge on any atom is -0.305 e. The Balaban J connectivity index is 2.13. The molecular formula is C14H13F2N3O2. The van der Waals surface area contributed by atoms with Crippen molar-refractivity contribution < 1.29 is 13.7 Å². The average molecular weight is 293 g/mol. The molecule has 0 spiro atoms. The third-order valence-corrected chi connectivity index (χ3v) is 3.04. The highest BCUT2D eigenvalue weighted by Crippen LogP contribution is 2.22. The number of nitrogens with one attached hydrogen (secondary N) is 1. The van der Waals surface area contributed by atoms with Gasteiger partial charge in [-0.3, -0.25) is 15.1 Å². The first kappa shape index (κ1) is 15.0. The van der Waals surface area contributed by atoms with Gasteiger partial charge in [-0.05, 0) is 19.1 Å². The van der Waals surface area contributed by atoms with E-state index in [4.69, 9.17) is 0 Å². The summed E-state index contributed by atoms with van der Waals surface area (Å²) in [6.45, 7) is 1.86. The molecule has 0 amide bonds. The molecule has 1 atom stereocenters. The third kappa shape index (κ3) is 3.57. The molecule has 2 rings (SSSR count). The molecule has 110 valence electrons. The van der Waals surface area contributed by atoms with Crippen LogP contribution in [-0.4, -0.2) is 9.91 Å². The van der Waals surface area contributed by atoms with Crippen LogP contribution in [0.1, 0.15) is 24.2 Å². The first-order chi connectivity index (χ1) is 9.99. The van der Waals surface area contributed by atoms with Crippen molar-refractivity contribution in [1.29, 1.82) is 0 Å². The number of aromatic nitrogens is 1. The van der Waals surface area contributed by atoms with Gasteiger partial charge in [0.15, 0.2) is 0 Å². The third-order valence-electron chi connectivity index (χ3n) is 3.04. The zero-order valence-electron chi connectivity index (χ0n) is 11.2. The van der Waals surface area contributed by atoms with Crippen LogP contribution in [-0.2, 0) is 6.54 Å². The Morgan fingerprint density at radius 3 is 2.71 bits per heavy atom. The molecular weight excluding hydrogens is 280 g/mol. The number of nitro groups is 1. The quantitative estimate of drug-likeness (QED) is 0.679. The molecule has 1 heterocycles. The van der Waals surface area contributed by atoms with Crippen molar-refractivity contribution >= 4 is 5.69 Å². The number of nitro benzene ring substituents is 1. The van der Waals surface area contributed by atoms with E-state index in [1.807, 2.05) is 13.0 Å². The lowest BCUT2D eigenvalue weighted by atomic mass is 10.1. The zero-order chi connectivity index (χ0) is 15.4. The molecule has 0 aliphatic carbocycles. The van der Waals surface area contributed by atoms with E-state index < -0.39 is 22.2 Å². The average Bonchev–Trinajstić information content (AvgIpc) is 2.46. The van der Waals surface area contributed by atoms with Crippen LogP contribution in [0.15, 0.2) is 36.5 Å². The smallest absolute Gasteiger partial charge is 0.305 e. The van der Waals surface area contributed by atoms with Crippen molar-refractivity contribution in [1.82, 2.24) is 10.3 Å². The number of halogens is 2. The summed E-state index contributed by atoms with van der Waals surface area (Å²) < 4.78 is 26.9. The van der Waals surface area contributed by atoms with Gasteiger partial charge in [0.1, 0.15) is 5.82 Å². The Morgan fingerprint density at radius 1 is 1.33 bits per heavy atom. The second kappa shape index (κ2) is 6.36. The maximum atomic E-state index is 13.6. The standard InChI is InChI=1S/C14H13F2N3O2/c1-9(13-4-2-3-5-17-13)18-8-10-6-14(19(20)21)12(16)7-11(10)15/h2-7,9,18H,8H2,1H3/t9-/m0/s1. The van der Waals surface area contributed by atoms with Crippen molar-refractivity contribution in [2.45, 2.75) is 19.5 Å². The Bertz CT molecular complexity index is 650. The molecule has 0 saturated heterocycles. The fourth-order valence-electron chi connectivity index (χ4n) is 1.86. The van der Waals surface area contributed by atoms with Crippen molar-refractivity contribution in [2.75, 3.05) is 0 Å². The van der Waals surface area contributed by atoms with Gasteiger partial charge in [-0.15, -0.1) is 0 Å². The summed E-state index contributed by atoms with van der Waals surface area (Å²) in [4.78, 5) is 13.9. The normalized spacial score (nSPS) is 12.1. The van der Waals surface area contributed by atoms with Crippen LogP contribution in [0.3, 0.4) is 0 Å². The first-order valence-electron chi connectivity index (χ1n) is 6.25. The number of rotatable bonds is 5. The lowest BCUT2D eigenvalue weighted by Crippen LogP contribution is -2.19. The molecule has 5 nitrogen and oxygen atoms in total. The van der Waals surface area contributed by atoms with Crippen LogP contribution < -0.4 is 5.32 Å². The van der Waals surface area contributed by atoms with Gasteiger partial charge in [-0.1, -0.05) is 6.07 Å². The number of hydrogen-bond acceptors (Lipinski definition) is 4. The summed E-state index contributed by atoms with van der Waals surface area (Å²) in [5.74, 6) is -2.00. The van der Waals surface area contributed by atoms with Gasteiger partial charge >= 0.3 is 5.69 Å². The van der Waals surface area contributed by atoms with Crippen LogP contribution in [0.5, 0.6) is 0 Å². The topological polar surface area (TPSA) is 68.1 Å². The highest BCUT2D eigenvalue weighted by Gasteiger charge is 2.18. The predicted octanol–water partition coefficient (Wildman–Crippen LogP) is 3.12. The molecule has 0 bridgehead atoms. The molecule has 0 saturated carbocycles. The molecule has 0 fully saturated rings. The van der Waals surface area contributed by atoms with E-state index in [2.05, 4.69) is 10.3 Å². The van der Waals surface area contributed by atoms with E-state index in [0.717, 1.165) is 11.8 Å². The molecule has 1 aromatic carbocycles. The van der Waals surface area contributed by atoms with E-state index in [1.54, 1.807) is 18.3 Å². The maximum Gasteiger partial charge on any atom is 0.305 e. The Labute approximate surface area is 119 Å². The SMILES string of the molecule is C[C@H](NCc1cc([N+](=O)[O-])c(F)cc1F)c1ccccn1. The van der Waals surface area contributed by atoms with Gasteiger partial charge < -0.3 is 5.32 Å². The van der Waals surface area contributed by atoms with Gasteiger partial charge in [-0.2, -0.15) is 4.39 Å². The van der Waals surface area contributed by atoms with Crippen molar-refractivity contribution in [3.63, 3.8) is 0 Å². The van der Waals surface area contributed by atoms with Crippen molar-refractivity contribution in [2.24, 2.45) is 0 Å². The lowest BCUT2D eigenvalue weighted by molar-refractivity contribution is -0.387. The molecule has 0 radical (unpaired) electrons. The Hall–Kier alpha value is -2.41. The number of benzene rings is 1. The molecule has 0 aliphatic heterocycles. The maximum absolute atomic E-state index is 13.6. The molecule has 0 aliphatic rings. The lowest BCUT2D eigenvalue weighted by Gasteiger charge is -2.13. The van der Waals surface area contributed by atoms with Gasteiger partial charge in [0, 0.05) is 36.5 Å². The van der Waals surface area contributed by atoms with Crippen molar-refractivity contribution in [3.05, 3.63) is 69.5 Å². The minimum atomic E-state index is -1.18. The molecule has 1 aromatic heterocycles. The van der Waals surface area contributed by atoms with Gasteiger partial charge in [0.2, 0.25) is 5.82 Å². The Kier molecular flexibility index (Phi) is 4.54. The fraction of sp³-hybridized carbons (Fsp3) is 0.214. The largest absolute Gasteiger partial charge is 0.305 e. The van der Waals surface area contributed by atoms with Gasteiger partial charge in [0.05, 0.1) is 10.6 Å². The zero-order valence-corrected chi connectivity index (χ0v) is 11.2. The summed E-state index contributed by atoms with van der Waals surface area (Å²) >= 11 is 0. The number of pyridine rings is 1. The van der Waals surface area contributed by atoms with Crippen LogP contribution in [0, 0.1) is 21.7 Å². The van der Waals surface area contributed by atoms with Crippen LogP contribution in [0.4, 0.5) is 14.5 Å². The van der Waals surface area contributed by atoms with Crippen LogP contribution in [0.2, 0.25) is 0 Å². The first-order valence-corrected chi connectivity index (χ1v) is 6.25. The number of hydrogen-bond donors (Lipinski definition) is 1. The summed E-state index contributed by atoms with van der Waals surface area (Å²) in [5, 5.41) is 13.7. The fourth-order valence-corrected chi connectivity index (χ4v) is 1.86. The minimum absolute atomic E-state index is 0.0324. The summed E-state index contributed by atoms with van der Waals surface area (Å²) in [6, 6.07) is 6.67. The Morgan fingerprint density at radius 2 is 2.10 bits per heavy atom. The monoisotopic (exact) mass is 293 g/mol. The second-order valence-electron chi connectivity index (χ2n) is 4.51. The summed E-state index contributed by atoms with van der Waals surface area (Å²) in [7, 11) is 0. The van der Waals surface area contributed by atoms with Gasteiger partial charge in [0.25, 0.3) is 0 Å². The summed E-state index contributed by atoms with van der Waals surface area (Å²) in [6.07, 6.45) is 1.64. The van der Waals surface area contributed by atoms with E-state index in [1.165, 1.54) is 0 Å². The molecule has 2 aromatic rings. The summed E-state index contributed by atoms with van der Waals surface area (Å²) in [5.41, 5.74) is 0.0547. The molecule has 1 N–H and O–H groups in total. The predicted molar refractivity (Wildman–Crippen MR) is 72.5 cm³/mol. The highest BCUT2D eigenvalue weighted by atomic mass is 19.1. The molecule has 0 unspecified atom stereocenters. The highest BCUT2D eigenvalue weighted by molar-refractivity contribution is 5.37. The van der Waals surface area contributed by atoms with Gasteiger partial charge in [-0.25, -0.2) is 4.39 Å². The number of nitrogens with zero attached hydrogens (tertiary/aromatic N) is 2. The molecule has 7 heteroatoms. The van der Waals surface area contributed by atoms with Crippen molar-refractivity contribution in [3.8, 4) is 0 Å². The second-order valence-corrected chi connectivity index (χ2v) is 4.51. The van der Waals surface area contributed by atoms with E-state index in [-0.39, 0.29) is 18.2 Å². The van der Waals surface area contributed by atoms with Crippen LogP contribution in [0.25, 0.3) is 0 Å². The van der Waals surface area contributed by atoms with E-state index in [0.29, 0.717) is 6.07 Å². The van der Waals surface area contributed by atoms with Crippen LogP contribution >= 0.6 is 0 Å².